The first-order chi connectivity index (χ1) is 13.1. The molecule has 7 heteroatoms. The predicted molar refractivity (Wildman–Crippen MR) is 97.0 cm³/mol. The minimum absolute atomic E-state index is 0.0220. The van der Waals surface area contributed by atoms with Crippen LogP contribution in [0.3, 0.4) is 0 Å². The Bertz CT molecular complexity index is 806. The number of nitrogens with one attached hydrogen (secondary N) is 1. The average Bonchev–Trinajstić information content (AvgIpc) is 3.48. The zero-order valence-corrected chi connectivity index (χ0v) is 14.9. The molecule has 2 heterocycles. The molecule has 27 heavy (non-hydrogen) atoms. The van der Waals surface area contributed by atoms with E-state index in [1.807, 2.05) is 11.0 Å². The smallest absolute Gasteiger partial charge is 0.226 e. The Kier molecular flexibility index (Phi) is 5.01. The van der Waals surface area contributed by atoms with Crippen LogP contribution in [-0.4, -0.2) is 40.4 Å². The van der Waals surface area contributed by atoms with Crippen LogP contribution in [0.5, 0.6) is 0 Å². The number of amides is 1. The van der Waals surface area contributed by atoms with Crippen LogP contribution in [0.1, 0.15) is 30.7 Å². The second-order valence-corrected chi connectivity index (χ2v) is 7.34. The Hall–Kier alpha value is -2.57. The van der Waals surface area contributed by atoms with Crippen LogP contribution in [0.25, 0.3) is 0 Å². The quantitative estimate of drug-likeness (QED) is 0.876. The number of carbonyl (C=O) groups is 1. The number of anilines is 1. The van der Waals surface area contributed by atoms with Crippen LogP contribution in [0.15, 0.2) is 36.7 Å². The molecule has 1 saturated heterocycles. The summed E-state index contributed by atoms with van der Waals surface area (Å²) < 4.78 is 26.7. The number of halogens is 2. The van der Waals surface area contributed by atoms with Gasteiger partial charge in [0.25, 0.3) is 0 Å². The Morgan fingerprint density at radius 3 is 2.56 bits per heavy atom. The molecule has 2 aliphatic rings. The maximum atomic E-state index is 13.9. The monoisotopic (exact) mass is 372 g/mol. The molecule has 1 aromatic carbocycles. The van der Waals surface area contributed by atoms with E-state index >= 15 is 0 Å². The molecule has 1 aliphatic carbocycles. The van der Waals surface area contributed by atoms with Gasteiger partial charge in [-0.2, -0.15) is 0 Å². The van der Waals surface area contributed by atoms with E-state index in [2.05, 4.69) is 15.3 Å². The number of piperidine rings is 1. The highest BCUT2D eigenvalue weighted by Gasteiger charge is 2.47. The van der Waals surface area contributed by atoms with Crippen LogP contribution >= 0.6 is 0 Å². The van der Waals surface area contributed by atoms with Crippen molar-refractivity contribution in [2.24, 2.45) is 11.8 Å². The highest BCUT2D eigenvalue weighted by molar-refractivity contribution is 5.83. The van der Waals surface area contributed by atoms with Crippen molar-refractivity contribution in [1.82, 2.24) is 14.9 Å². The summed E-state index contributed by atoms with van der Waals surface area (Å²) in [5, 5.41) is 3.12. The lowest BCUT2D eigenvalue weighted by atomic mass is 9.96. The van der Waals surface area contributed by atoms with Gasteiger partial charge in [0.2, 0.25) is 11.9 Å². The van der Waals surface area contributed by atoms with Crippen LogP contribution in [0.4, 0.5) is 14.7 Å². The van der Waals surface area contributed by atoms with Gasteiger partial charge in [-0.25, -0.2) is 18.7 Å². The largest absolute Gasteiger partial charge is 0.354 e. The number of carbonyl (C=O) groups excluding carboxylic acids is 1. The SMILES string of the molecule is O=C(C1CC1c1ccccc1F)N1CCC(CNc2ncc(F)cn2)CC1. The van der Waals surface area contributed by atoms with Crippen molar-refractivity contribution < 1.29 is 13.6 Å². The first-order valence-corrected chi connectivity index (χ1v) is 9.36. The van der Waals surface area contributed by atoms with E-state index in [9.17, 15) is 13.6 Å². The third-order valence-electron chi connectivity index (χ3n) is 5.51. The Morgan fingerprint density at radius 1 is 1.15 bits per heavy atom. The topological polar surface area (TPSA) is 58.1 Å². The van der Waals surface area contributed by atoms with Gasteiger partial charge in [-0.05, 0) is 42.7 Å². The number of benzene rings is 1. The van der Waals surface area contributed by atoms with Gasteiger partial charge in [-0.3, -0.25) is 4.79 Å². The zero-order valence-electron chi connectivity index (χ0n) is 14.9. The highest BCUT2D eigenvalue weighted by atomic mass is 19.1. The van der Waals surface area contributed by atoms with E-state index in [1.165, 1.54) is 6.07 Å². The van der Waals surface area contributed by atoms with Crippen molar-refractivity contribution in [2.75, 3.05) is 25.0 Å². The second-order valence-electron chi connectivity index (χ2n) is 7.34. The fraction of sp³-hybridized carbons (Fsp3) is 0.450. The van der Waals surface area contributed by atoms with E-state index in [1.54, 1.807) is 12.1 Å². The van der Waals surface area contributed by atoms with Gasteiger partial charge in [0.1, 0.15) is 5.82 Å². The normalized spacial score (nSPS) is 22.5. The molecule has 1 N–H and O–H groups in total. The van der Waals surface area contributed by atoms with E-state index in [-0.39, 0.29) is 23.6 Å². The van der Waals surface area contributed by atoms with Gasteiger partial charge < -0.3 is 10.2 Å². The third kappa shape index (κ3) is 4.07. The molecule has 2 fully saturated rings. The fourth-order valence-corrected chi connectivity index (χ4v) is 3.82. The Labute approximate surface area is 156 Å². The molecule has 1 amide bonds. The molecule has 0 radical (unpaired) electrons. The minimum atomic E-state index is -0.457. The van der Waals surface area contributed by atoms with E-state index in [0.717, 1.165) is 44.7 Å². The molecule has 1 saturated carbocycles. The molecule has 0 spiro atoms. The molecule has 2 atom stereocenters. The molecule has 2 unspecified atom stereocenters. The van der Waals surface area contributed by atoms with Crippen LogP contribution < -0.4 is 5.32 Å². The van der Waals surface area contributed by atoms with Crippen molar-refractivity contribution in [1.29, 1.82) is 0 Å². The van der Waals surface area contributed by atoms with E-state index in [4.69, 9.17) is 0 Å². The molecule has 0 bridgehead atoms. The summed E-state index contributed by atoms with van der Waals surface area (Å²) in [6.07, 6.45) is 4.81. The zero-order chi connectivity index (χ0) is 18.8. The van der Waals surface area contributed by atoms with Crippen LogP contribution in [-0.2, 0) is 4.79 Å². The van der Waals surface area contributed by atoms with Crippen LogP contribution in [0.2, 0.25) is 0 Å². The number of aromatic nitrogens is 2. The van der Waals surface area contributed by atoms with Gasteiger partial charge >= 0.3 is 0 Å². The number of hydrogen-bond donors (Lipinski definition) is 1. The fourth-order valence-electron chi connectivity index (χ4n) is 3.82. The van der Waals surface area contributed by atoms with Crippen molar-refractivity contribution in [3.05, 3.63) is 53.9 Å². The minimum Gasteiger partial charge on any atom is -0.354 e. The van der Waals surface area contributed by atoms with E-state index in [0.29, 0.717) is 24.0 Å². The van der Waals surface area contributed by atoms with Crippen molar-refractivity contribution >= 4 is 11.9 Å². The molecule has 142 valence electrons. The predicted octanol–water partition coefficient (Wildman–Crippen LogP) is 3.21. The van der Waals surface area contributed by atoms with Crippen molar-refractivity contribution in [2.45, 2.75) is 25.2 Å². The number of hydrogen-bond acceptors (Lipinski definition) is 4. The number of rotatable bonds is 5. The third-order valence-corrected chi connectivity index (χ3v) is 5.51. The molecule has 5 nitrogen and oxygen atoms in total. The molecular weight excluding hydrogens is 350 g/mol. The number of likely N-dealkylation sites (tertiary alicyclic amines) is 1. The molecule has 4 rings (SSSR count). The van der Waals surface area contributed by atoms with Crippen molar-refractivity contribution in [3.8, 4) is 0 Å². The summed E-state index contributed by atoms with van der Waals surface area (Å²) >= 11 is 0. The molecule has 2 aromatic rings. The Balaban J connectivity index is 1.24. The maximum Gasteiger partial charge on any atom is 0.226 e. The first kappa shape index (κ1) is 17.8. The first-order valence-electron chi connectivity index (χ1n) is 9.36. The summed E-state index contributed by atoms with van der Waals surface area (Å²) in [6, 6.07) is 6.73. The Morgan fingerprint density at radius 2 is 1.85 bits per heavy atom. The number of nitrogens with zero attached hydrogens (tertiary/aromatic N) is 3. The summed E-state index contributed by atoms with van der Waals surface area (Å²) in [7, 11) is 0. The lowest BCUT2D eigenvalue weighted by molar-refractivity contribution is -0.134. The highest BCUT2D eigenvalue weighted by Crippen LogP contribution is 2.49. The molecule has 1 aliphatic heterocycles. The summed E-state index contributed by atoms with van der Waals surface area (Å²) in [4.78, 5) is 22.4. The van der Waals surface area contributed by atoms with Gasteiger partial charge in [0, 0.05) is 25.6 Å². The van der Waals surface area contributed by atoms with Gasteiger partial charge in [0.05, 0.1) is 12.4 Å². The molecule has 1 aromatic heterocycles. The maximum absolute atomic E-state index is 13.9. The average molecular weight is 372 g/mol. The van der Waals surface area contributed by atoms with E-state index < -0.39 is 5.82 Å². The second kappa shape index (κ2) is 7.58. The summed E-state index contributed by atoms with van der Waals surface area (Å²) in [5.74, 6) is 0.256. The van der Waals surface area contributed by atoms with Gasteiger partial charge in [-0.15, -0.1) is 0 Å². The van der Waals surface area contributed by atoms with Gasteiger partial charge in [0.15, 0.2) is 5.82 Å². The lowest BCUT2D eigenvalue weighted by Crippen LogP contribution is -2.41. The summed E-state index contributed by atoms with van der Waals surface area (Å²) in [5.41, 5.74) is 0.661. The lowest BCUT2D eigenvalue weighted by Gasteiger charge is -2.32. The van der Waals surface area contributed by atoms with Crippen LogP contribution in [0, 0.1) is 23.5 Å². The van der Waals surface area contributed by atoms with Crippen molar-refractivity contribution in [3.63, 3.8) is 0 Å². The molecular formula is C20H22F2N4O. The van der Waals surface area contributed by atoms with Gasteiger partial charge in [-0.1, -0.05) is 18.2 Å². The summed E-state index contributed by atoms with van der Waals surface area (Å²) in [6.45, 7) is 2.14. The standard InChI is InChI=1S/C20H22F2N4O/c21-14-11-24-20(25-12-14)23-10-13-5-7-26(8-6-13)19(27)17-9-16(17)15-3-1-2-4-18(15)22/h1-4,11-13,16-17H,5-10H2,(H,23,24,25).